The van der Waals surface area contributed by atoms with E-state index in [1.54, 1.807) is 26.0 Å². The average Bonchev–Trinajstić information content (AvgIpc) is 2.48. The highest BCUT2D eigenvalue weighted by atomic mass is 16.4. The van der Waals surface area contributed by atoms with Crippen molar-refractivity contribution in [3.05, 3.63) is 33.5 Å². The van der Waals surface area contributed by atoms with Crippen molar-refractivity contribution >= 4 is 16.9 Å². The zero-order valence-electron chi connectivity index (χ0n) is 12.6. The zero-order chi connectivity index (χ0) is 15.1. The largest absolute Gasteiger partial charge is 0.508 e. The molecule has 21 heavy (non-hydrogen) atoms. The van der Waals surface area contributed by atoms with E-state index in [9.17, 15) is 9.90 Å². The molecule has 1 aliphatic heterocycles. The van der Waals surface area contributed by atoms with Crippen molar-refractivity contribution in [1.82, 2.24) is 4.90 Å². The predicted molar refractivity (Wildman–Crippen MR) is 83.3 cm³/mol. The predicted octanol–water partition coefficient (Wildman–Crippen LogP) is 1.87. The molecule has 5 nitrogen and oxygen atoms in total. The molecule has 1 fully saturated rings. The van der Waals surface area contributed by atoms with Crippen LogP contribution < -0.4 is 10.3 Å². The van der Waals surface area contributed by atoms with Crippen molar-refractivity contribution in [3.63, 3.8) is 0 Å². The Morgan fingerprint density at radius 3 is 2.43 bits per heavy atom. The van der Waals surface area contributed by atoms with Crippen LogP contribution >= 0.6 is 0 Å². The molecule has 1 aliphatic rings. The minimum Gasteiger partial charge on any atom is -0.508 e. The van der Waals surface area contributed by atoms with Crippen molar-refractivity contribution in [3.8, 4) is 5.75 Å². The Kier molecular flexibility index (Phi) is 3.37. The molecule has 0 saturated carbocycles. The Hall–Kier alpha value is -2.01. The second-order valence-electron chi connectivity index (χ2n) is 5.74. The van der Waals surface area contributed by atoms with Crippen LogP contribution in [0.15, 0.2) is 21.3 Å². The molecule has 5 heteroatoms. The third kappa shape index (κ3) is 2.27. The molecule has 0 spiro atoms. The number of rotatable bonds is 1. The summed E-state index contributed by atoms with van der Waals surface area (Å²) in [6.07, 6.45) is 0. The Morgan fingerprint density at radius 2 is 1.76 bits per heavy atom. The van der Waals surface area contributed by atoms with Crippen molar-refractivity contribution in [2.24, 2.45) is 0 Å². The van der Waals surface area contributed by atoms with E-state index >= 15 is 0 Å². The Morgan fingerprint density at radius 1 is 1.10 bits per heavy atom. The molecule has 0 unspecified atom stereocenters. The molecule has 1 N–H and O–H groups in total. The van der Waals surface area contributed by atoms with Gasteiger partial charge in [0.25, 0.3) is 0 Å². The van der Waals surface area contributed by atoms with E-state index in [2.05, 4.69) is 16.8 Å². The van der Waals surface area contributed by atoms with Crippen LogP contribution in [0.25, 0.3) is 11.0 Å². The first kappa shape index (κ1) is 13.9. The summed E-state index contributed by atoms with van der Waals surface area (Å²) in [7, 11) is 2.09. The van der Waals surface area contributed by atoms with Crippen LogP contribution in [0.4, 0.5) is 5.88 Å². The Labute approximate surface area is 123 Å². The smallest absolute Gasteiger partial charge is 0.203 e. The summed E-state index contributed by atoms with van der Waals surface area (Å²) in [5, 5.41) is 10.4. The van der Waals surface area contributed by atoms with Crippen molar-refractivity contribution in [2.75, 3.05) is 38.1 Å². The van der Waals surface area contributed by atoms with Crippen LogP contribution in [-0.2, 0) is 0 Å². The van der Waals surface area contributed by atoms with Gasteiger partial charge < -0.3 is 19.3 Å². The van der Waals surface area contributed by atoms with E-state index in [1.807, 2.05) is 0 Å². The Bertz CT molecular complexity index is 743. The van der Waals surface area contributed by atoms with Gasteiger partial charge in [0.1, 0.15) is 11.3 Å². The molecule has 3 rings (SSSR count). The maximum Gasteiger partial charge on any atom is 0.203 e. The number of fused-ring (bicyclic) bond motifs is 1. The van der Waals surface area contributed by atoms with Gasteiger partial charge in [0.15, 0.2) is 5.43 Å². The van der Waals surface area contributed by atoms with E-state index in [4.69, 9.17) is 4.42 Å². The number of aryl methyl sites for hydroxylation is 1. The fourth-order valence-corrected chi connectivity index (χ4v) is 2.78. The van der Waals surface area contributed by atoms with Gasteiger partial charge in [-0.25, -0.2) is 0 Å². The summed E-state index contributed by atoms with van der Waals surface area (Å²) in [5.41, 5.74) is 1.71. The normalized spacial score (nSPS) is 16.6. The molecule has 1 aromatic carbocycles. The first-order chi connectivity index (χ1) is 9.99. The van der Waals surface area contributed by atoms with Crippen LogP contribution in [0.5, 0.6) is 5.75 Å². The number of benzene rings is 1. The van der Waals surface area contributed by atoms with Crippen molar-refractivity contribution in [2.45, 2.75) is 13.8 Å². The van der Waals surface area contributed by atoms with Crippen molar-refractivity contribution in [1.29, 1.82) is 0 Å². The summed E-state index contributed by atoms with van der Waals surface area (Å²) in [6.45, 7) is 7.14. The highest BCUT2D eigenvalue weighted by molar-refractivity contribution is 5.83. The molecule has 1 saturated heterocycles. The second kappa shape index (κ2) is 5.07. The van der Waals surface area contributed by atoms with Gasteiger partial charge >= 0.3 is 0 Å². The number of aromatic hydroxyl groups is 1. The third-order valence-corrected chi connectivity index (χ3v) is 4.27. The fraction of sp³-hybridized carbons (Fsp3) is 0.438. The summed E-state index contributed by atoms with van der Waals surface area (Å²) in [4.78, 5) is 16.9. The van der Waals surface area contributed by atoms with Gasteiger partial charge in [-0.3, -0.25) is 4.79 Å². The lowest BCUT2D eigenvalue weighted by Gasteiger charge is -2.33. The quantitative estimate of drug-likeness (QED) is 0.868. The van der Waals surface area contributed by atoms with Crippen LogP contribution in [0.3, 0.4) is 0 Å². The summed E-state index contributed by atoms with van der Waals surface area (Å²) in [5.74, 6) is 0.785. The molecular formula is C16H20N2O3. The second-order valence-corrected chi connectivity index (χ2v) is 5.74. The summed E-state index contributed by atoms with van der Waals surface area (Å²) in [6, 6.07) is 3.17. The molecule has 0 aliphatic carbocycles. The molecular weight excluding hydrogens is 268 g/mol. The van der Waals surface area contributed by atoms with Gasteiger partial charge in [-0.15, -0.1) is 0 Å². The van der Waals surface area contributed by atoms with E-state index in [-0.39, 0.29) is 11.2 Å². The molecule has 0 atom stereocenters. The van der Waals surface area contributed by atoms with Crippen LogP contribution in [0.2, 0.25) is 0 Å². The number of hydrogen-bond donors (Lipinski definition) is 1. The maximum absolute atomic E-state index is 12.5. The zero-order valence-corrected chi connectivity index (χ0v) is 12.6. The van der Waals surface area contributed by atoms with Gasteiger partial charge in [-0.2, -0.15) is 0 Å². The Balaban J connectivity index is 2.17. The van der Waals surface area contributed by atoms with Crippen LogP contribution in [-0.4, -0.2) is 43.2 Å². The van der Waals surface area contributed by atoms with E-state index in [0.29, 0.717) is 28.0 Å². The molecule has 112 valence electrons. The lowest BCUT2D eigenvalue weighted by atomic mass is 10.1. The lowest BCUT2D eigenvalue weighted by Crippen LogP contribution is -2.45. The number of likely N-dealkylation sites (N-methyl/N-ethyl adjacent to an activating group) is 1. The van der Waals surface area contributed by atoms with Crippen LogP contribution in [0.1, 0.15) is 11.1 Å². The summed E-state index contributed by atoms with van der Waals surface area (Å²) >= 11 is 0. The lowest BCUT2D eigenvalue weighted by molar-refractivity contribution is 0.306. The average molecular weight is 288 g/mol. The monoisotopic (exact) mass is 288 g/mol. The molecule has 1 aromatic heterocycles. The van der Waals surface area contributed by atoms with Gasteiger partial charge in [-0.1, -0.05) is 0 Å². The molecule has 2 heterocycles. The topological polar surface area (TPSA) is 56.9 Å². The number of phenolic OH excluding ortho intramolecular Hbond substituents is 1. The third-order valence-electron chi connectivity index (χ3n) is 4.27. The molecule has 0 bridgehead atoms. The summed E-state index contributed by atoms with van der Waals surface area (Å²) < 4.78 is 6.01. The first-order valence-corrected chi connectivity index (χ1v) is 7.18. The highest BCUT2D eigenvalue weighted by Crippen LogP contribution is 2.29. The SMILES string of the molecule is Cc1c(N2CCN(C)CC2)oc2c(C)c(O)ccc2c1=O. The van der Waals surface area contributed by atoms with Gasteiger partial charge in [0, 0.05) is 31.7 Å². The van der Waals surface area contributed by atoms with E-state index in [0.717, 1.165) is 26.2 Å². The standard InChI is InChI=1S/C16H20N2O3/c1-10-13(19)5-4-12-14(20)11(2)16(21-15(10)12)18-8-6-17(3)7-9-18/h4-5,19H,6-9H2,1-3H3. The number of phenols is 1. The maximum atomic E-state index is 12.5. The van der Waals surface area contributed by atoms with E-state index in [1.165, 1.54) is 0 Å². The van der Waals surface area contributed by atoms with Gasteiger partial charge in [0.2, 0.25) is 5.88 Å². The highest BCUT2D eigenvalue weighted by Gasteiger charge is 2.21. The first-order valence-electron chi connectivity index (χ1n) is 7.18. The molecule has 0 amide bonds. The minimum absolute atomic E-state index is 0.0201. The van der Waals surface area contributed by atoms with Crippen LogP contribution in [0, 0.1) is 13.8 Å². The number of nitrogens with zero attached hydrogens (tertiary/aromatic N) is 2. The van der Waals surface area contributed by atoms with E-state index < -0.39 is 0 Å². The molecule has 2 aromatic rings. The number of piperazine rings is 1. The van der Waals surface area contributed by atoms with Gasteiger partial charge in [0.05, 0.1) is 10.9 Å². The number of anilines is 1. The fourth-order valence-electron chi connectivity index (χ4n) is 2.78. The van der Waals surface area contributed by atoms with Crippen molar-refractivity contribution < 1.29 is 9.52 Å². The number of hydrogen-bond acceptors (Lipinski definition) is 5. The van der Waals surface area contributed by atoms with Gasteiger partial charge in [-0.05, 0) is 33.0 Å². The minimum atomic E-state index is -0.0201. The molecule has 0 radical (unpaired) electrons.